The monoisotopic (exact) mass is 423 g/mol. The standard InChI is InChI=1S/C18H22ClN5O3S/c1-13-20-16(22-27-13)11-28-12-17(25)23-7-2-8-24(10-9-23)18(26)21-15-5-3-14(19)4-6-15/h3-6H,2,7-12H2,1H3,(H,21,26). The third kappa shape index (κ3) is 5.87. The Hall–Kier alpha value is -2.26. The van der Waals surface area contributed by atoms with Crippen LogP contribution in [-0.4, -0.2) is 63.8 Å². The van der Waals surface area contributed by atoms with Crippen molar-refractivity contribution < 1.29 is 14.1 Å². The Kier molecular flexibility index (Phi) is 7.16. The first-order chi connectivity index (χ1) is 13.5. The molecular formula is C18H22ClN5O3S. The number of anilines is 1. The molecule has 0 unspecified atom stereocenters. The molecule has 1 aliphatic rings. The summed E-state index contributed by atoms with van der Waals surface area (Å²) in [5.74, 6) is 2.06. The lowest BCUT2D eigenvalue weighted by atomic mass is 10.3. The van der Waals surface area contributed by atoms with Crippen LogP contribution in [0.4, 0.5) is 10.5 Å². The maximum Gasteiger partial charge on any atom is 0.321 e. The van der Waals surface area contributed by atoms with Crippen LogP contribution in [0.15, 0.2) is 28.8 Å². The van der Waals surface area contributed by atoms with Crippen molar-refractivity contribution in [3.63, 3.8) is 0 Å². The van der Waals surface area contributed by atoms with E-state index in [2.05, 4.69) is 15.5 Å². The number of carbonyl (C=O) groups is 2. The van der Waals surface area contributed by atoms with Crippen LogP contribution in [0.2, 0.25) is 5.02 Å². The van der Waals surface area contributed by atoms with Crippen LogP contribution in [0.3, 0.4) is 0 Å². The van der Waals surface area contributed by atoms with E-state index >= 15 is 0 Å². The molecule has 150 valence electrons. The summed E-state index contributed by atoms with van der Waals surface area (Å²) in [5.41, 5.74) is 0.694. The molecule has 3 amide bonds. The second-order valence-corrected chi connectivity index (χ2v) is 7.80. The number of hydrogen-bond donors (Lipinski definition) is 1. The van der Waals surface area contributed by atoms with Crippen LogP contribution in [0, 0.1) is 6.92 Å². The summed E-state index contributed by atoms with van der Waals surface area (Å²) in [6.07, 6.45) is 0.745. The first-order valence-electron chi connectivity index (χ1n) is 8.97. The molecule has 0 radical (unpaired) electrons. The van der Waals surface area contributed by atoms with Crippen LogP contribution in [0.25, 0.3) is 0 Å². The number of nitrogens with one attached hydrogen (secondary N) is 1. The number of carbonyl (C=O) groups excluding carboxylic acids is 2. The van der Waals surface area contributed by atoms with E-state index < -0.39 is 0 Å². The maximum atomic E-state index is 12.5. The summed E-state index contributed by atoms with van der Waals surface area (Å²) in [6, 6.07) is 6.81. The molecule has 0 aliphatic carbocycles. The number of rotatable bonds is 5. The Morgan fingerprint density at radius 3 is 2.61 bits per heavy atom. The lowest BCUT2D eigenvalue weighted by Gasteiger charge is -2.22. The zero-order chi connectivity index (χ0) is 19.9. The van der Waals surface area contributed by atoms with E-state index in [-0.39, 0.29) is 11.9 Å². The normalized spacial score (nSPS) is 14.6. The summed E-state index contributed by atoms with van der Waals surface area (Å²) < 4.78 is 4.92. The fourth-order valence-electron chi connectivity index (χ4n) is 2.83. The molecule has 1 aromatic carbocycles. The Morgan fingerprint density at radius 1 is 1.18 bits per heavy atom. The minimum Gasteiger partial charge on any atom is -0.340 e. The zero-order valence-electron chi connectivity index (χ0n) is 15.6. The molecule has 0 bridgehead atoms. The number of thioether (sulfide) groups is 1. The fourth-order valence-corrected chi connectivity index (χ4v) is 3.71. The van der Waals surface area contributed by atoms with Gasteiger partial charge in [-0.2, -0.15) is 4.98 Å². The summed E-state index contributed by atoms with van der Waals surface area (Å²) in [4.78, 5) is 32.6. The second kappa shape index (κ2) is 9.79. The van der Waals surface area contributed by atoms with Crippen molar-refractivity contribution in [2.24, 2.45) is 0 Å². The summed E-state index contributed by atoms with van der Waals surface area (Å²) in [7, 11) is 0. The molecule has 1 aromatic heterocycles. The topological polar surface area (TPSA) is 91.6 Å². The van der Waals surface area contributed by atoms with Crippen LogP contribution >= 0.6 is 23.4 Å². The van der Waals surface area contributed by atoms with Crippen molar-refractivity contribution in [1.82, 2.24) is 19.9 Å². The minimum absolute atomic E-state index is 0.0603. The van der Waals surface area contributed by atoms with Crippen molar-refractivity contribution in [3.8, 4) is 0 Å². The van der Waals surface area contributed by atoms with Gasteiger partial charge in [0.15, 0.2) is 5.82 Å². The summed E-state index contributed by atoms with van der Waals surface area (Å²) >= 11 is 7.32. The van der Waals surface area contributed by atoms with Gasteiger partial charge >= 0.3 is 6.03 Å². The number of hydrogen-bond acceptors (Lipinski definition) is 6. The molecule has 1 saturated heterocycles. The summed E-state index contributed by atoms with van der Waals surface area (Å²) in [6.45, 7) is 4.01. The van der Waals surface area contributed by atoms with Gasteiger partial charge in [0.05, 0.1) is 11.5 Å². The molecule has 1 fully saturated rings. The van der Waals surface area contributed by atoms with Crippen molar-refractivity contribution in [1.29, 1.82) is 0 Å². The number of aryl methyl sites for hydroxylation is 1. The zero-order valence-corrected chi connectivity index (χ0v) is 17.1. The average Bonchev–Trinajstić information content (AvgIpc) is 2.93. The van der Waals surface area contributed by atoms with E-state index in [9.17, 15) is 9.59 Å². The second-order valence-electron chi connectivity index (χ2n) is 6.38. The SMILES string of the molecule is Cc1nc(CSCC(=O)N2CCCN(C(=O)Nc3ccc(Cl)cc3)CC2)no1. The van der Waals surface area contributed by atoms with Gasteiger partial charge in [0.1, 0.15) is 0 Å². The highest BCUT2D eigenvalue weighted by molar-refractivity contribution is 7.99. The number of halogens is 1. The van der Waals surface area contributed by atoms with Crippen molar-refractivity contribution >= 4 is 41.0 Å². The average molecular weight is 424 g/mol. The van der Waals surface area contributed by atoms with E-state index in [0.29, 0.717) is 60.1 Å². The van der Waals surface area contributed by atoms with Crippen LogP contribution in [-0.2, 0) is 10.5 Å². The van der Waals surface area contributed by atoms with Gasteiger partial charge in [-0.3, -0.25) is 4.79 Å². The van der Waals surface area contributed by atoms with E-state index in [1.54, 1.807) is 36.1 Å². The first-order valence-corrected chi connectivity index (χ1v) is 10.5. The smallest absolute Gasteiger partial charge is 0.321 e. The molecule has 2 heterocycles. The number of benzene rings is 1. The van der Waals surface area contributed by atoms with Gasteiger partial charge in [-0.25, -0.2) is 4.79 Å². The Balaban J connectivity index is 1.43. The Bertz CT molecular complexity index is 814. The highest BCUT2D eigenvalue weighted by Gasteiger charge is 2.22. The quantitative estimate of drug-likeness (QED) is 0.794. The van der Waals surface area contributed by atoms with Crippen molar-refractivity contribution in [3.05, 3.63) is 41.0 Å². The van der Waals surface area contributed by atoms with Gasteiger partial charge in [-0.1, -0.05) is 16.8 Å². The Morgan fingerprint density at radius 2 is 1.89 bits per heavy atom. The predicted molar refractivity (Wildman–Crippen MR) is 108 cm³/mol. The Labute approximate surface area is 172 Å². The van der Waals surface area contributed by atoms with Gasteiger partial charge in [0.2, 0.25) is 11.8 Å². The molecule has 0 saturated carbocycles. The van der Waals surface area contributed by atoms with Gasteiger partial charge in [0.25, 0.3) is 0 Å². The summed E-state index contributed by atoms with van der Waals surface area (Å²) in [5, 5.41) is 7.30. The van der Waals surface area contributed by atoms with Gasteiger partial charge in [0, 0.05) is 43.8 Å². The van der Waals surface area contributed by atoms with E-state index in [4.69, 9.17) is 16.1 Å². The highest BCUT2D eigenvalue weighted by Crippen LogP contribution is 2.15. The van der Waals surface area contributed by atoms with Gasteiger partial charge < -0.3 is 19.6 Å². The molecule has 1 N–H and O–H groups in total. The van der Waals surface area contributed by atoms with E-state index in [0.717, 1.165) is 6.42 Å². The van der Waals surface area contributed by atoms with Gasteiger partial charge in [-0.15, -0.1) is 11.8 Å². The van der Waals surface area contributed by atoms with Crippen LogP contribution in [0.5, 0.6) is 0 Å². The maximum absolute atomic E-state index is 12.5. The van der Waals surface area contributed by atoms with Gasteiger partial charge in [-0.05, 0) is 30.7 Å². The number of urea groups is 1. The number of nitrogens with zero attached hydrogens (tertiary/aromatic N) is 4. The third-order valence-corrected chi connectivity index (χ3v) is 5.42. The molecule has 10 heteroatoms. The van der Waals surface area contributed by atoms with E-state index in [1.807, 2.05) is 4.90 Å². The highest BCUT2D eigenvalue weighted by atomic mass is 35.5. The molecule has 2 aromatic rings. The lowest BCUT2D eigenvalue weighted by molar-refractivity contribution is -0.128. The minimum atomic E-state index is -0.168. The third-order valence-electron chi connectivity index (χ3n) is 4.26. The molecule has 0 atom stereocenters. The molecular weight excluding hydrogens is 402 g/mol. The first kappa shape index (κ1) is 20.5. The molecule has 8 nitrogen and oxygen atoms in total. The van der Waals surface area contributed by atoms with Crippen LogP contribution < -0.4 is 5.32 Å². The number of amides is 3. The molecule has 28 heavy (non-hydrogen) atoms. The fraction of sp³-hybridized carbons (Fsp3) is 0.444. The molecule has 1 aliphatic heterocycles. The van der Waals surface area contributed by atoms with Crippen molar-refractivity contribution in [2.45, 2.75) is 19.1 Å². The lowest BCUT2D eigenvalue weighted by Crippen LogP contribution is -2.39. The molecule has 0 spiro atoms. The van der Waals surface area contributed by atoms with Crippen LogP contribution in [0.1, 0.15) is 18.1 Å². The predicted octanol–water partition coefficient (Wildman–Crippen LogP) is 3.03. The molecule has 3 rings (SSSR count). The largest absolute Gasteiger partial charge is 0.340 e. The van der Waals surface area contributed by atoms with E-state index in [1.165, 1.54) is 11.8 Å². The van der Waals surface area contributed by atoms with Crippen molar-refractivity contribution in [2.75, 3.05) is 37.2 Å². The number of aromatic nitrogens is 2.